The minimum atomic E-state index is -1.49. The topological polar surface area (TPSA) is 153 Å². The summed E-state index contributed by atoms with van der Waals surface area (Å²) in [6, 6.07) is 7.51. The van der Waals surface area contributed by atoms with Gasteiger partial charge in [0.1, 0.15) is 25.4 Å². The second-order valence-electron chi connectivity index (χ2n) is 7.33. The fourth-order valence-corrected chi connectivity index (χ4v) is 3.22. The molecule has 12 heteroatoms. The number of alkyl carbamates (subject to hydrolysis) is 1. The van der Waals surface area contributed by atoms with E-state index in [9.17, 15) is 24.0 Å². The number of nitrogens with one attached hydrogen (secondary N) is 1. The Bertz CT molecular complexity index is 888. The molecule has 1 unspecified atom stereocenters. The molecule has 12 nitrogen and oxygen atoms in total. The lowest BCUT2D eigenvalue weighted by Crippen LogP contribution is -2.67. The van der Waals surface area contributed by atoms with E-state index in [0.717, 1.165) is 27.7 Å². The van der Waals surface area contributed by atoms with Gasteiger partial charge in [-0.25, -0.2) is 4.79 Å². The monoisotopic (exact) mass is 481 g/mol. The van der Waals surface area contributed by atoms with E-state index in [1.54, 1.807) is 30.3 Å². The Morgan fingerprint density at radius 1 is 0.794 bits per heavy atom. The Morgan fingerprint density at radius 3 is 1.94 bits per heavy atom. The standard InChI is InChI=1S/C22H27NO11/c1-12(24)29-11-17-19(31-13(2)25)20(32-14(3)26)18(21(34-17)33-15(4)27)23-22(28)30-10-16-8-6-5-7-9-16/h5-9,17-21H,10-11H2,1-4H3,(H,23,28)/t17-,18-,19-,20+,21?/m1/s1. The smallest absolute Gasteiger partial charge is 0.408 e. The summed E-state index contributed by atoms with van der Waals surface area (Å²) >= 11 is 0. The highest BCUT2D eigenvalue weighted by Gasteiger charge is 2.52. The van der Waals surface area contributed by atoms with E-state index in [-0.39, 0.29) is 6.61 Å². The molecule has 1 N–H and O–H groups in total. The van der Waals surface area contributed by atoms with Crippen LogP contribution in [-0.4, -0.2) is 67.2 Å². The fourth-order valence-electron chi connectivity index (χ4n) is 3.22. The number of hydrogen-bond acceptors (Lipinski definition) is 11. The van der Waals surface area contributed by atoms with Gasteiger partial charge < -0.3 is 33.7 Å². The largest absolute Gasteiger partial charge is 0.463 e. The normalized spacial score (nSPS) is 23.7. The molecule has 2 rings (SSSR count). The lowest BCUT2D eigenvalue weighted by atomic mass is 9.96. The van der Waals surface area contributed by atoms with Crippen LogP contribution in [-0.2, 0) is 54.2 Å². The maximum Gasteiger partial charge on any atom is 0.408 e. The first kappa shape index (κ1) is 26.6. The summed E-state index contributed by atoms with van der Waals surface area (Å²) in [7, 11) is 0. The van der Waals surface area contributed by atoms with Crippen molar-refractivity contribution in [3.63, 3.8) is 0 Å². The van der Waals surface area contributed by atoms with Crippen molar-refractivity contribution < 1.29 is 52.4 Å². The zero-order valence-electron chi connectivity index (χ0n) is 19.2. The molecule has 0 radical (unpaired) electrons. The average Bonchev–Trinajstić information content (AvgIpc) is 2.74. The number of rotatable bonds is 8. The second-order valence-corrected chi connectivity index (χ2v) is 7.33. The van der Waals surface area contributed by atoms with Crippen LogP contribution in [0.4, 0.5) is 4.79 Å². The molecule has 1 heterocycles. The van der Waals surface area contributed by atoms with Crippen LogP contribution in [0.5, 0.6) is 0 Å². The van der Waals surface area contributed by atoms with Gasteiger partial charge in [-0.3, -0.25) is 19.2 Å². The quantitative estimate of drug-likeness (QED) is 0.418. The molecule has 34 heavy (non-hydrogen) atoms. The average molecular weight is 481 g/mol. The molecule has 5 atom stereocenters. The van der Waals surface area contributed by atoms with Crippen LogP contribution >= 0.6 is 0 Å². The van der Waals surface area contributed by atoms with Crippen molar-refractivity contribution >= 4 is 30.0 Å². The highest BCUT2D eigenvalue weighted by molar-refractivity contribution is 5.70. The zero-order chi connectivity index (χ0) is 25.3. The van der Waals surface area contributed by atoms with Crippen molar-refractivity contribution in [1.29, 1.82) is 0 Å². The summed E-state index contributed by atoms with van der Waals surface area (Å²) in [4.78, 5) is 59.1. The molecule has 1 aromatic carbocycles. The van der Waals surface area contributed by atoms with Gasteiger partial charge in [-0.15, -0.1) is 0 Å². The van der Waals surface area contributed by atoms with E-state index in [1.165, 1.54) is 0 Å². The summed E-state index contributed by atoms with van der Waals surface area (Å²) in [5.74, 6) is -2.95. The van der Waals surface area contributed by atoms with E-state index < -0.39 is 67.2 Å². The van der Waals surface area contributed by atoms with Crippen LogP contribution in [0, 0.1) is 0 Å². The van der Waals surface area contributed by atoms with Crippen molar-refractivity contribution in [2.24, 2.45) is 0 Å². The lowest BCUT2D eigenvalue weighted by Gasteiger charge is -2.44. The molecule has 0 spiro atoms. The van der Waals surface area contributed by atoms with E-state index in [2.05, 4.69) is 5.32 Å². The van der Waals surface area contributed by atoms with Gasteiger partial charge in [0.05, 0.1) is 0 Å². The molecular formula is C22H27NO11. The molecular weight excluding hydrogens is 454 g/mol. The first-order valence-corrected chi connectivity index (χ1v) is 10.3. The highest BCUT2D eigenvalue weighted by atomic mass is 16.7. The first-order valence-electron chi connectivity index (χ1n) is 10.3. The molecule has 0 aromatic heterocycles. The number of hydrogen-bond donors (Lipinski definition) is 1. The third-order valence-electron chi connectivity index (χ3n) is 4.48. The number of amides is 1. The third-order valence-corrected chi connectivity index (χ3v) is 4.48. The van der Waals surface area contributed by atoms with Crippen molar-refractivity contribution in [2.75, 3.05) is 6.61 Å². The summed E-state index contributed by atoms with van der Waals surface area (Å²) in [5.41, 5.74) is 0.713. The van der Waals surface area contributed by atoms with Crippen LogP contribution in [0.1, 0.15) is 33.3 Å². The number of carbonyl (C=O) groups is 5. The Balaban J connectivity index is 2.30. The van der Waals surface area contributed by atoms with Gasteiger partial charge in [0.25, 0.3) is 0 Å². The van der Waals surface area contributed by atoms with Crippen LogP contribution in [0.2, 0.25) is 0 Å². The Kier molecular flexibility index (Phi) is 9.80. The van der Waals surface area contributed by atoms with Crippen molar-refractivity contribution in [1.82, 2.24) is 5.32 Å². The maximum atomic E-state index is 12.5. The molecule has 0 bridgehead atoms. The van der Waals surface area contributed by atoms with Gasteiger partial charge in [-0.05, 0) is 5.56 Å². The molecule has 1 aliphatic heterocycles. The second kappa shape index (κ2) is 12.5. The van der Waals surface area contributed by atoms with E-state index in [1.807, 2.05) is 0 Å². The predicted molar refractivity (Wildman–Crippen MR) is 112 cm³/mol. The summed E-state index contributed by atoms with van der Waals surface area (Å²) in [6.07, 6.45) is -6.29. The van der Waals surface area contributed by atoms with Crippen LogP contribution in [0.25, 0.3) is 0 Å². The third kappa shape index (κ3) is 8.35. The van der Waals surface area contributed by atoms with Crippen LogP contribution in [0.3, 0.4) is 0 Å². The lowest BCUT2D eigenvalue weighted by molar-refractivity contribution is -0.270. The summed E-state index contributed by atoms with van der Waals surface area (Å²) in [5, 5.41) is 2.45. The van der Waals surface area contributed by atoms with Crippen molar-refractivity contribution in [2.45, 2.75) is 64.9 Å². The van der Waals surface area contributed by atoms with Gasteiger partial charge in [0.2, 0.25) is 6.29 Å². The number of ether oxygens (including phenoxy) is 6. The fraction of sp³-hybridized carbons (Fsp3) is 0.500. The summed E-state index contributed by atoms with van der Waals surface area (Å²) < 4.78 is 31.6. The Morgan fingerprint density at radius 2 is 1.38 bits per heavy atom. The van der Waals surface area contributed by atoms with E-state index in [4.69, 9.17) is 28.4 Å². The molecule has 0 saturated carbocycles. The Hall–Kier alpha value is -3.67. The zero-order valence-corrected chi connectivity index (χ0v) is 19.2. The van der Waals surface area contributed by atoms with Gasteiger partial charge in [-0.1, -0.05) is 30.3 Å². The summed E-state index contributed by atoms with van der Waals surface area (Å²) in [6.45, 7) is 4.00. The number of benzene rings is 1. The van der Waals surface area contributed by atoms with E-state index in [0.29, 0.717) is 5.56 Å². The molecule has 0 aliphatic carbocycles. The predicted octanol–water partition coefficient (Wildman–Crippen LogP) is 0.996. The van der Waals surface area contributed by atoms with Crippen molar-refractivity contribution in [3.8, 4) is 0 Å². The first-order chi connectivity index (χ1) is 16.1. The maximum absolute atomic E-state index is 12.5. The van der Waals surface area contributed by atoms with Crippen LogP contribution in [0.15, 0.2) is 30.3 Å². The van der Waals surface area contributed by atoms with Gasteiger partial charge in [0, 0.05) is 27.7 Å². The minimum absolute atomic E-state index is 0.0703. The SMILES string of the molecule is CC(=O)OC[C@H]1OC(OC(C)=O)[C@H](NC(=O)OCc2ccccc2)[C@H](OC(C)=O)[C@@H]1OC(C)=O. The minimum Gasteiger partial charge on any atom is -0.463 e. The molecule has 1 fully saturated rings. The number of carbonyl (C=O) groups excluding carboxylic acids is 5. The molecule has 1 amide bonds. The molecule has 1 saturated heterocycles. The van der Waals surface area contributed by atoms with Gasteiger partial charge in [0.15, 0.2) is 12.2 Å². The van der Waals surface area contributed by atoms with Crippen LogP contribution < -0.4 is 5.32 Å². The van der Waals surface area contributed by atoms with Gasteiger partial charge in [-0.2, -0.15) is 0 Å². The molecule has 1 aromatic rings. The van der Waals surface area contributed by atoms with E-state index >= 15 is 0 Å². The Labute approximate surface area is 195 Å². The van der Waals surface area contributed by atoms with Gasteiger partial charge >= 0.3 is 30.0 Å². The number of esters is 4. The van der Waals surface area contributed by atoms with Crippen molar-refractivity contribution in [3.05, 3.63) is 35.9 Å². The highest BCUT2D eigenvalue weighted by Crippen LogP contribution is 2.28. The molecule has 186 valence electrons. The molecule has 1 aliphatic rings.